The van der Waals surface area contributed by atoms with Gasteiger partial charge in [0.15, 0.2) is 5.15 Å². The third kappa shape index (κ3) is 1.78. The van der Waals surface area contributed by atoms with E-state index in [2.05, 4.69) is 10.3 Å². The first kappa shape index (κ1) is 10.3. The van der Waals surface area contributed by atoms with Crippen LogP contribution in [-0.4, -0.2) is 23.5 Å². The summed E-state index contributed by atoms with van der Waals surface area (Å²) in [5.41, 5.74) is 0.862. The summed E-state index contributed by atoms with van der Waals surface area (Å²) in [6.45, 7) is 0.681. The maximum absolute atomic E-state index is 6.03. The molecule has 2 rings (SSSR count). The molecule has 2 heterocycles. The number of aromatic nitrogens is 2. The molecule has 0 radical (unpaired) electrons. The summed E-state index contributed by atoms with van der Waals surface area (Å²) in [6.07, 6.45) is 1.90. The Kier molecular flexibility index (Phi) is 2.79. The van der Waals surface area contributed by atoms with E-state index >= 15 is 0 Å². The molecule has 0 amide bonds. The number of hydrogen-bond acceptors (Lipinski definition) is 3. The highest BCUT2D eigenvalue weighted by atomic mass is 35.5. The molecular weight excluding hydrogens is 214 g/mol. The molecule has 4 nitrogen and oxygen atoms in total. The number of rotatable bonds is 3. The van der Waals surface area contributed by atoms with Crippen molar-refractivity contribution in [3.63, 3.8) is 0 Å². The molecule has 0 saturated heterocycles. The predicted octanol–water partition coefficient (Wildman–Crippen LogP) is 1.72. The number of ether oxygens (including phenoxy) is 1. The molecule has 0 saturated carbocycles. The summed E-state index contributed by atoms with van der Waals surface area (Å²) >= 11 is 6.03. The lowest BCUT2D eigenvalue weighted by Crippen LogP contribution is -2.08. The fourth-order valence-electron chi connectivity index (χ4n) is 1.50. The highest BCUT2D eigenvalue weighted by molar-refractivity contribution is 6.32. The lowest BCUT2D eigenvalue weighted by molar-refractivity contribution is 0.414. The number of nitrogens with zero attached hydrogens (tertiary/aromatic N) is 2. The first-order chi connectivity index (χ1) is 7.26. The SMILES string of the molecule is CNCc1nc(Cl)c2cc(OC)ccn12. The Balaban J connectivity index is 2.59. The zero-order valence-corrected chi connectivity index (χ0v) is 9.38. The van der Waals surface area contributed by atoms with Crippen LogP contribution < -0.4 is 10.1 Å². The van der Waals surface area contributed by atoms with Gasteiger partial charge in [-0.1, -0.05) is 11.6 Å². The molecule has 0 aliphatic heterocycles. The van der Waals surface area contributed by atoms with Crippen LogP contribution in [0.3, 0.4) is 0 Å². The number of imidazole rings is 1. The minimum Gasteiger partial charge on any atom is -0.497 e. The van der Waals surface area contributed by atoms with Gasteiger partial charge in [-0.3, -0.25) is 0 Å². The molecule has 0 fully saturated rings. The Morgan fingerprint density at radius 3 is 3.07 bits per heavy atom. The second-order valence-corrected chi connectivity index (χ2v) is 3.53. The number of pyridine rings is 1. The van der Waals surface area contributed by atoms with E-state index in [9.17, 15) is 0 Å². The average molecular weight is 226 g/mol. The van der Waals surface area contributed by atoms with Crippen LogP contribution in [0.25, 0.3) is 5.52 Å². The van der Waals surface area contributed by atoms with E-state index in [0.29, 0.717) is 11.7 Å². The predicted molar refractivity (Wildman–Crippen MR) is 59.5 cm³/mol. The first-order valence-corrected chi connectivity index (χ1v) is 4.99. The van der Waals surface area contributed by atoms with Crippen molar-refractivity contribution in [2.45, 2.75) is 6.54 Å². The van der Waals surface area contributed by atoms with E-state index in [1.54, 1.807) is 7.11 Å². The Labute approximate surface area is 92.8 Å². The average Bonchev–Trinajstić information content (AvgIpc) is 2.56. The van der Waals surface area contributed by atoms with Crippen molar-refractivity contribution in [3.05, 3.63) is 29.3 Å². The summed E-state index contributed by atoms with van der Waals surface area (Å²) in [6, 6.07) is 3.75. The largest absolute Gasteiger partial charge is 0.497 e. The Morgan fingerprint density at radius 1 is 1.60 bits per heavy atom. The van der Waals surface area contributed by atoms with Crippen molar-refractivity contribution in [2.75, 3.05) is 14.2 Å². The van der Waals surface area contributed by atoms with Crippen LogP contribution in [0.5, 0.6) is 5.75 Å². The third-order valence-corrected chi connectivity index (χ3v) is 2.49. The molecule has 0 unspecified atom stereocenters. The zero-order valence-electron chi connectivity index (χ0n) is 8.62. The van der Waals surface area contributed by atoms with Gasteiger partial charge in [-0.15, -0.1) is 0 Å². The lowest BCUT2D eigenvalue weighted by Gasteiger charge is -2.02. The molecule has 2 aromatic rings. The number of halogens is 1. The van der Waals surface area contributed by atoms with Crippen molar-refractivity contribution in [1.82, 2.24) is 14.7 Å². The van der Waals surface area contributed by atoms with Gasteiger partial charge in [0, 0.05) is 12.3 Å². The van der Waals surface area contributed by atoms with Crippen LogP contribution in [0.2, 0.25) is 5.15 Å². The summed E-state index contributed by atoms with van der Waals surface area (Å²) in [4.78, 5) is 4.27. The van der Waals surface area contributed by atoms with Crippen molar-refractivity contribution in [3.8, 4) is 5.75 Å². The molecule has 0 aromatic carbocycles. The van der Waals surface area contributed by atoms with Crippen molar-refractivity contribution in [1.29, 1.82) is 0 Å². The molecule has 0 aliphatic carbocycles. The van der Waals surface area contributed by atoms with E-state index in [1.165, 1.54) is 0 Å². The zero-order chi connectivity index (χ0) is 10.8. The molecule has 5 heteroatoms. The highest BCUT2D eigenvalue weighted by Crippen LogP contribution is 2.22. The monoisotopic (exact) mass is 225 g/mol. The minimum absolute atomic E-state index is 0.499. The molecular formula is C10H12ClN3O. The van der Waals surface area contributed by atoms with Crippen molar-refractivity contribution < 1.29 is 4.74 Å². The number of methoxy groups -OCH3 is 1. The van der Waals surface area contributed by atoms with Gasteiger partial charge in [0.05, 0.1) is 19.2 Å². The Morgan fingerprint density at radius 2 is 2.40 bits per heavy atom. The smallest absolute Gasteiger partial charge is 0.155 e. The lowest BCUT2D eigenvalue weighted by atomic mass is 10.4. The molecule has 80 valence electrons. The van der Waals surface area contributed by atoms with Gasteiger partial charge in [-0.25, -0.2) is 4.98 Å². The second-order valence-electron chi connectivity index (χ2n) is 3.17. The Bertz CT molecular complexity index is 481. The standard InChI is InChI=1S/C10H12ClN3O/c1-12-6-9-13-10(11)8-5-7(15-2)3-4-14(8)9/h3-5,12H,6H2,1-2H3. The van der Waals surface area contributed by atoms with E-state index in [-0.39, 0.29) is 0 Å². The van der Waals surface area contributed by atoms with E-state index < -0.39 is 0 Å². The van der Waals surface area contributed by atoms with Gasteiger partial charge in [0.25, 0.3) is 0 Å². The molecule has 1 N–H and O–H groups in total. The van der Waals surface area contributed by atoms with Crippen LogP contribution in [0.15, 0.2) is 18.3 Å². The summed E-state index contributed by atoms with van der Waals surface area (Å²) in [5.74, 6) is 1.67. The van der Waals surface area contributed by atoms with Gasteiger partial charge in [0.1, 0.15) is 11.6 Å². The van der Waals surface area contributed by atoms with Gasteiger partial charge in [0.2, 0.25) is 0 Å². The normalized spacial score (nSPS) is 10.9. The van der Waals surface area contributed by atoms with Crippen LogP contribution in [0, 0.1) is 0 Å². The van der Waals surface area contributed by atoms with Crippen LogP contribution in [0.1, 0.15) is 5.82 Å². The van der Waals surface area contributed by atoms with Gasteiger partial charge < -0.3 is 14.5 Å². The van der Waals surface area contributed by atoms with Gasteiger partial charge in [-0.2, -0.15) is 0 Å². The Hall–Kier alpha value is -1.26. The molecule has 0 spiro atoms. The summed E-state index contributed by atoms with van der Waals surface area (Å²) in [5, 5.41) is 3.54. The van der Waals surface area contributed by atoms with Crippen molar-refractivity contribution >= 4 is 17.1 Å². The molecule has 0 bridgehead atoms. The van der Waals surface area contributed by atoms with Gasteiger partial charge >= 0.3 is 0 Å². The number of hydrogen-bond donors (Lipinski definition) is 1. The maximum Gasteiger partial charge on any atom is 0.155 e. The third-order valence-electron chi connectivity index (χ3n) is 2.21. The van der Waals surface area contributed by atoms with Gasteiger partial charge in [-0.05, 0) is 13.1 Å². The van der Waals surface area contributed by atoms with E-state index in [0.717, 1.165) is 17.1 Å². The van der Waals surface area contributed by atoms with E-state index in [4.69, 9.17) is 16.3 Å². The summed E-state index contributed by atoms with van der Waals surface area (Å²) < 4.78 is 7.08. The second kappa shape index (κ2) is 4.08. The van der Waals surface area contributed by atoms with Crippen LogP contribution in [0.4, 0.5) is 0 Å². The van der Waals surface area contributed by atoms with E-state index in [1.807, 2.05) is 29.8 Å². The molecule has 0 aliphatic rings. The topological polar surface area (TPSA) is 38.6 Å². The number of fused-ring (bicyclic) bond motifs is 1. The quantitative estimate of drug-likeness (QED) is 0.865. The fourth-order valence-corrected chi connectivity index (χ4v) is 1.74. The molecule has 0 atom stereocenters. The highest BCUT2D eigenvalue weighted by Gasteiger charge is 2.08. The minimum atomic E-state index is 0.499. The summed E-state index contributed by atoms with van der Waals surface area (Å²) in [7, 11) is 3.50. The van der Waals surface area contributed by atoms with Crippen LogP contribution in [-0.2, 0) is 6.54 Å². The molecule has 2 aromatic heterocycles. The first-order valence-electron chi connectivity index (χ1n) is 4.61. The molecule has 15 heavy (non-hydrogen) atoms. The fraction of sp³-hybridized carbons (Fsp3) is 0.300. The number of nitrogens with one attached hydrogen (secondary N) is 1. The van der Waals surface area contributed by atoms with Crippen LogP contribution >= 0.6 is 11.6 Å². The van der Waals surface area contributed by atoms with Crippen molar-refractivity contribution in [2.24, 2.45) is 0 Å². The maximum atomic E-state index is 6.03.